The van der Waals surface area contributed by atoms with Crippen LogP contribution < -0.4 is 4.90 Å². The Labute approximate surface area is 94.9 Å². The second-order valence-corrected chi connectivity index (χ2v) is 4.53. The highest BCUT2D eigenvalue weighted by Crippen LogP contribution is 2.29. The van der Waals surface area contributed by atoms with E-state index in [1.165, 1.54) is 12.8 Å². The first-order chi connectivity index (χ1) is 7.85. The number of aliphatic hydroxyl groups is 1. The standard InChI is InChI=1S/C12H16N2O2/c15-8-9-5-10(3-4-13-9)14-6-11-1-2-12(7-14)16-11/h3-5,11-12,15H,1-2,6-8H2. The normalized spacial score (nSPS) is 28.4. The molecule has 16 heavy (non-hydrogen) atoms. The molecule has 2 unspecified atom stereocenters. The smallest absolute Gasteiger partial charge is 0.0853 e. The summed E-state index contributed by atoms with van der Waals surface area (Å²) in [7, 11) is 0. The van der Waals surface area contributed by atoms with E-state index in [0.29, 0.717) is 12.2 Å². The van der Waals surface area contributed by atoms with E-state index in [-0.39, 0.29) is 6.61 Å². The number of nitrogens with zero attached hydrogens (tertiary/aromatic N) is 2. The van der Waals surface area contributed by atoms with Crippen LogP contribution in [-0.4, -0.2) is 35.4 Å². The van der Waals surface area contributed by atoms with Gasteiger partial charge in [0, 0.05) is 25.0 Å². The van der Waals surface area contributed by atoms with E-state index >= 15 is 0 Å². The minimum Gasteiger partial charge on any atom is -0.390 e. The number of aromatic nitrogens is 1. The third kappa shape index (κ3) is 1.79. The highest BCUT2D eigenvalue weighted by Gasteiger charge is 2.33. The van der Waals surface area contributed by atoms with Crippen molar-refractivity contribution in [1.29, 1.82) is 0 Å². The van der Waals surface area contributed by atoms with Crippen LogP contribution in [0.1, 0.15) is 18.5 Å². The third-order valence-corrected chi connectivity index (χ3v) is 3.37. The van der Waals surface area contributed by atoms with Gasteiger partial charge in [-0.3, -0.25) is 4.98 Å². The Bertz CT molecular complexity index is 371. The molecule has 2 saturated heterocycles. The maximum Gasteiger partial charge on any atom is 0.0853 e. The summed E-state index contributed by atoms with van der Waals surface area (Å²) in [5.74, 6) is 0. The fourth-order valence-corrected chi connectivity index (χ4v) is 2.57. The molecule has 0 aromatic carbocycles. The Morgan fingerprint density at radius 2 is 2.12 bits per heavy atom. The SMILES string of the molecule is OCc1cc(N2CC3CCC(C2)O3)ccn1. The molecule has 2 aliphatic heterocycles. The molecule has 2 atom stereocenters. The molecule has 2 bridgehead atoms. The molecule has 0 aliphatic carbocycles. The Hall–Kier alpha value is -1.13. The molecule has 86 valence electrons. The molecular weight excluding hydrogens is 204 g/mol. The second kappa shape index (κ2) is 4.03. The molecule has 1 aromatic heterocycles. The molecule has 4 heteroatoms. The van der Waals surface area contributed by atoms with Crippen LogP contribution in [0.3, 0.4) is 0 Å². The average molecular weight is 220 g/mol. The second-order valence-electron chi connectivity index (χ2n) is 4.53. The van der Waals surface area contributed by atoms with Crippen LogP contribution in [0.2, 0.25) is 0 Å². The van der Waals surface area contributed by atoms with Crippen LogP contribution >= 0.6 is 0 Å². The van der Waals surface area contributed by atoms with Crippen LogP contribution in [0.4, 0.5) is 5.69 Å². The fourth-order valence-electron chi connectivity index (χ4n) is 2.57. The number of fused-ring (bicyclic) bond motifs is 2. The maximum atomic E-state index is 9.07. The zero-order valence-corrected chi connectivity index (χ0v) is 9.17. The summed E-state index contributed by atoms with van der Waals surface area (Å²) in [6.45, 7) is 1.93. The zero-order chi connectivity index (χ0) is 11.0. The van der Waals surface area contributed by atoms with E-state index in [9.17, 15) is 0 Å². The van der Waals surface area contributed by atoms with Gasteiger partial charge in [0.1, 0.15) is 0 Å². The molecule has 2 fully saturated rings. The van der Waals surface area contributed by atoms with Crippen LogP contribution in [0.25, 0.3) is 0 Å². The molecule has 0 spiro atoms. The van der Waals surface area contributed by atoms with Gasteiger partial charge in [-0.15, -0.1) is 0 Å². The highest BCUT2D eigenvalue weighted by molar-refractivity contribution is 5.47. The van der Waals surface area contributed by atoms with E-state index in [4.69, 9.17) is 9.84 Å². The molecule has 3 rings (SSSR count). The van der Waals surface area contributed by atoms with Crippen molar-refractivity contribution in [3.63, 3.8) is 0 Å². The number of ether oxygens (including phenoxy) is 1. The van der Waals surface area contributed by atoms with E-state index in [1.807, 2.05) is 12.1 Å². The molecule has 4 nitrogen and oxygen atoms in total. The first kappa shape index (κ1) is 10.1. The molecule has 1 aromatic rings. The third-order valence-electron chi connectivity index (χ3n) is 3.37. The molecular formula is C12H16N2O2. The number of pyridine rings is 1. The average Bonchev–Trinajstić information content (AvgIpc) is 2.68. The van der Waals surface area contributed by atoms with Crippen molar-refractivity contribution in [3.05, 3.63) is 24.0 Å². The van der Waals surface area contributed by atoms with Gasteiger partial charge in [-0.2, -0.15) is 0 Å². The monoisotopic (exact) mass is 220 g/mol. The summed E-state index contributed by atoms with van der Waals surface area (Å²) in [6.07, 6.45) is 4.91. The van der Waals surface area contributed by atoms with E-state index in [0.717, 1.165) is 24.5 Å². The molecule has 0 saturated carbocycles. The van der Waals surface area contributed by atoms with Gasteiger partial charge >= 0.3 is 0 Å². The van der Waals surface area contributed by atoms with E-state index < -0.39 is 0 Å². The zero-order valence-electron chi connectivity index (χ0n) is 9.17. The number of aliphatic hydroxyl groups excluding tert-OH is 1. The maximum absolute atomic E-state index is 9.07. The van der Waals surface area contributed by atoms with Gasteiger partial charge < -0.3 is 14.7 Å². The molecule has 0 radical (unpaired) electrons. The lowest BCUT2D eigenvalue weighted by molar-refractivity contribution is 0.0305. The lowest BCUT2D eigenvalue weighted by Gasteiger charge is -2.33. The van der Waals surface area contributed by atoms with Gasteiger partial charge in [0.05, 0.1) is 24.5 Å². The molecule has 2 aliphatic rings. The topological polar surface area (TPSA) is 45.6 Å². The first-order valence-corrected chi connectivity index (χ1v) is 5.81. The number of anilines is 1. The van der Waals surface area contributed by atoms with Gasteiger partial charge in [-0.25, -0.2) is 0 Å². The van der Waals surface area contributed by atoms with Gasteiger partial charge in [0.2, 0.25) is 0 Å². The fraction of sp³-hybridized carbons (Fsp3) is 0.583. The lowest BCUT2D eigenvalue weighted by Crippen LogP contribution is -2.42. The molecule has 0 amide bonds. The summed E-state index contributed by atoms with van der Waals surface area (Å²) < 4.78 is 5.80. The Morgan fingerprint density at radius 3 is 2.81 bits per heavy atom. The number of hydrogen-bond donors (Lipinski definition) is 1. The van der Waals surface area contributed by atoms with Crippen molar-refractivity contribution in [2.24, 2.45) is 0 Å². The van der Waals surface area contributed by atoms with Gasteiger partial charge in [0.15, 0.2) is 0 Å². The highest BCUT2D eigenvalue weighted by atomic mass is 16.5. The van der Waals surface area contributed by atoms with Crippen molar-refractivity contribution in [1.82, 2.24) is 4.98 Å². The van der Waals surface area contributed by atoms with Gasteiger partial charge in [0.25, 0.3) is 0 Å². The van der Waals surface area contributed by atoms with Crippen molar-refractivity contribution < 1.29 is 9.84 Å². The molecule has 1 N–H and O–H groups in total. The predicted octanol–water partition coefficient (Wildman–Crippen LogP) is 0.942. The first-order valence-electron chi connectivity index (χ1n) is 5.81. The van der Waals surface area contributed by atoms with Gasteiger partial charge in [-0.05, 0) is 25.0 Å². The Morgan fingerprint density at radius 1 is 1.38 bits per heavy atom. The van der Waals surface area contributed by atoms with Crippen molar-refractivity contribution in [3.8, 4) is 0 Å². The summed E-state index contributed by atoms with van der Waals surface area (Å²) in [5, 5.41) is 9.07. The number of morpholine rings is 1. The minimum atomic E-state index is 0.00500. The van der Waals surface area contributed by atoms with Crippen molar-refractivity contribution in [2.75, 3.05) is 18.0 Å². The van der Waals surface area contributed by atoms with Crippen LogP contribution in [-0.2, 0) is 11.3 Å². The summed E-state index contributed by atoms with van der Waals surface area (Å²) in [4.78, 5) is 6.44. The van der Waals surface area contributed by atoms with Crippen LogP contribution in [0, 0.1) is 0 Å². The van der Waals surface area contributed by atoms with E-state index in [2.05, 4.69) is 9.88 Å². The largest absolute Gasteiger partial charge is 0.390 e. The summed E-state index contributed by atoms with van der Waals surface area (Å²) in [5.41, 5.74) is 1.88. The van der Waals surface area contributed by atoms with Crippen molar-refractivity contribution in [2.45, 2.75) is 31.7 Å². The van der Waals surface area contributed by atoms with Crippen LogP contribution in [0.15, 0.2) is 18.3 Å². The molecule has 3 heterocycles. The number of rotatable bonds is 2. The van der Waals surface area contributed by atoms with Gasteiger partial charge in [-0.1, -0.05) is 0 Å². The summed E-state index contributed by atoms with van der Waals surface area (Å²) >= 11 is 0. The van der Waals surface area contributed by atoms with Crippen molar-refractivity contribution >= 4 is 5.69 Å². The minimum absolute atomic E-state index is 0.00500. The predicted molar refractivity (Wildman–Crippen MR) is 60.3 cm³/mol. The van der Waals surface area contributed by atoms with E-state index in [1.54, 1.807) is 6.20 Å². The van der Waals surface area contributed by atoms with Crippen LogP contribution in [0.5, 0.6) is 0 Å². The Kier molecular flexibility index (Phi) is 2.53. The Balaban J connectivity index is 1.81. The lowest BCUT2D eigenvalue weighted by atomic mass is 10.2. The number of hydrogen-bond acceptors (Lipinski definition) is 4. The quantitative estimate of drug-likeness (QED) is 0.805. The summed E-state index contributed by atoms with van der Waals surface area (Å²) in [6, 6.07) is 3.97.